The summed E-state index contributed by atoms with van der Waals surface area (Å²) in [7, 11) is 0. The van der Waals surface area contributed by atoms with Crippen LogP contribution in [0.25, 0.3) is 0 Å². The van der Waals surface area contributed by atoms with Gasteiger partial charge in [0.1, 0.15) is 12.6 Å². The molecule has 1 fully saturated rings. The molecular formula is C18H19N3O3S. The van der Waals surface area contributed by atoms with Gasteiger partial charge in [0.25, 0.3) is 0 Å². The number of para-hydroxylation sites is 1. The van der Waals surface area contributed by atoms with Crippen molar-refractivity contribution < 1.29 is 14.7 Å². The van der Waals surface area contributed by atoms with Crippen molar-refractivity contribution in [2.24, 2.45) is 5.73 Å². The molecule has 130 valence electrons. The summed E-state index contributed by atoms with van der Waals surface area (Å²) in [5, 5.41) is 11.6. The van der Waals surface area contributed by atoms with Gasteiger partial charge in [0, 0.05) is 5.69 Å². The van der Waals surface area contributed by atoms with Crippen molar-refractivity contribution in [2.45, 2.75) is 12.5 Å². The summed E-state index contributed by atoms with van der Waals surface area (Å²) >= 11 is 4.99. The van der Waals surface area contributed by atoms with E-state index in [-0.39, 0.29) is 5.91 Å². The number of aliphatic carboxylic acids is 1. The molecule has 1 aliphatic heterocycles. The molecular weight excluding hydrogens is 338 g/mol. The summed E-state index contributed by atoms with van der Waals surface area (Å²) < 4.78 is 0. The van der Waals surface area contributed by atoms with Gasteiger partial charge >= 0.3 is 5.97 Å². The van der Waals surface area contributed by atoms with E-state index < -0.39 is 12.0 Å². The van der Waals surface area contributed by atoms with Gasteiger partial charge in [0.2, 0.25) is 5.91 Å². The minimum Gasteiger partial charge on any atom is -0.480 e. The molecule has 1 amide bonds. The third-order valence-electron chi connectivity index (χ3n) is 3.48. The molecule has 0 radical (unpaired) electrons. The summed E-state index contributed by atoms with van der Waals surface area (Å²) in [5.74, 6) is -1.01. The molecule has 4 N–H and O–H groups in total. The van der Waals surface area contributed by atoms with Crippen LogP contribution in [0.4, 0.5) is 5.69 Å². The highest BCUT2D eigenvalue weighted by molar-refractivity contribution is 7.80. The number of hydrogen-bond acceptors (Lipinski definition) is 4. The van der Waals surface area contributed by atoms with Crippen LogP contribution in [0.5, 0.6) is 0 Å². The zero-order valence-electron chi connectivity index (χ0n) is 13.5. The monoisotopic (exact) mass is 357 g/mol. The molecule has 6 nitrogen and oxygen atoms in total. The van der Waals surface area contributed by atoms with E-state index in [4.69, 9.17) is 23.1 Å². The van der Waals surface area contributed by atoms with Crippen LogP contribution in [0.3, 0.4) is 0 Å². The first-order chi connectivity index (χ1) is 12.0. The Morgan fingerprint density at radius 3 is 2.20 bits per heavy atom. The first kappa shape index (κ1) is 18.6. The molecule has 2 aromatic carbocycles. The lowest BCUT2D eigenvalue weighted by molar-refractivity contribution is -0.138. The molecule has 1 atom stereocenters. The highest BCUT2D eigenvalue weighted by Gasteiger charge is 2.23. The quantitative estimate of drug-likeness (QED) is 0.719. The van der Waals surface area contributed by atoms with Crippen LogP contribution >= 0.6 is 12.2 Å². The zero-order chi connectivity index (χ0) is 18.2. The number of carboxylic acids is 1. The fraction of sp³-hybridized carbons (Fsp3) is 0.167. The second kappa shape index (κ2) is 8.91. The summed E-state index contributed by atoms with van der Waals surface area (Å²) in [6, 6.07) is 18.2. The van der Waals surface area contributed by atoms with Crippen molar-refractivity contribution in [1.82, 2.24) is 5.32 Å². The molecule has 0 bridgehead atoms. The molecule has 0 aromatic heterocycles. The van der Waals surface area contributed by atoms with Gasteiger partial charge in [0.15, 0.2) is 5.11 Å². The van der Waals surface area contributed by atoms with Crippen molar-refractivity contribution >= 4 is 34.9 Å². The Bertz CT molecular complexity index is 738. The van der Waals surface area contributed by atoms with E-state index in [9.17, 15) is 9.59 Å². The molecule has 1 aliphatic rings. The fourth-order valence-corrected chi connectivity index (χ4v) is 2.50. The second-order valence-electron chi connectivity index (χ2n) is 5.41. The van der Waals surface area contributed by atoms with E-state index >= 15 is 0 Å². The van der Waals surface area contributed by atoms with Gasteiger partial charge in [-0.2, -0.15) is 0 Å². The predicted octanol–water partition coefficient (Wildman–Crippen LogP) is 1.55. The molecule has 1 heterocycles. The number of nitrogens with two attached hydrogens (primary N) is 1. The van der Waals surface area contributed by atoms with Crippen LogP contribution in [0, 0.1) is 0 Å². The molecule has 3 rings (SSSR count). The van der Waals surface area contributed by atoms with Crippen LogP contribution in [0.2, 0.25) is 0 Å². The third-order valence-corrected chi connectivity index (χ3v) is 3.80. The van der Waals surface area contributed by atoms with Crippen molar-refractivity contribution in [2.75, 3.05) is 11.4 Å². The van der Waals surface area contributed by atoms with Gasteiger partial charge in [0.05, 0.1) is 0 Å². The van der Waals surface area contributed by atoms with E-state index in [1.807, 2.05) is 60.7 Å². The molecule has 0 spiro atoms. The van der Waals surface area contributed by atoms with Crippen LogP contribution in [0.15, 0.2) is 60.7 Å². The third kappa shape index (κ3) is 5.66. The summed E-state index contributed by atoms with van der Waals surface area (Å²) in [4.78, 5) is 23.2. The Balaban J connectivity index is 0.000000181. The number of benzene rings is 2. The average Bonchev–Trinajstić information content (AvgIpc) is 2.95. The SMILES string of the molecule is NC(Cc1ccccc1)C(=O)O.O=C1CN(c2ccccc2)C(=S)N1. The van der Waals surface area contributed by atoms with Gasteiger partial charge in [-0.3, -0.25) is 9.59 Å². The van der Waals surface area contributed by atoms with E-state index in [1.54, 1.807) is 4.90 Å². The topological polar surface area (TPSA) is 95.7 Å². The first-order valence-electron chi connectivity index (χ1n) is 7.66. The molecule has 1 unspecified atom stereocenters. The minimum absolute atomic E-state index is 0.0474. The molecule has 0 aliphatic carbocycles. The second-order valence-corrected chi connectivity index (χ2v) is 5.80. The van der Waals surface area contributed by atoms with E-state index in [0.717, 1.165) is 11.3 Å². The van der Waals surface area contributed by atoms with E-state index in [0.29, 0.717) is 18.1 Å². The van der Waals surface area contributed by atoms with Gasteiger partial charge in [-0.25, -0.2) is 0 Å². The number of anilines is 1. The Kier molecular flexibility index (Phi) is 6.62. The maximum atomic E-state index is 11.0. The van der Waals surface area contributed by atoms with Crippen LogP contribution in [-0.2, 0) is 16.0 Å². The predicted molar refractivity (Wildman–Crippen MR) is 100 cm³/mol. The van der Waals surface area contributed by atoms with Gasteiger partial charge in [-0.1, -0.05) is 48.5 Å². The molecule has 7 heteroatoms. The van der Waals surface area contributed by atoms with Crippen molar-refractivity contribution in [3.8, 4) is 0 Å². The number of carbonyl (C=O) groups excluding carboxylic acids is 1. The Morgan fingerprint density at radius 1 is 1.16 bits per heavy atom. The molecule has 1 saturated heterocycles. The number of carboxylic acid groups (broad SMARTS) is 1. The van der Waals surface area contributed by atoms with Crippen molar-refractivity contribution in [1.29, 1.82) is 0 Å². The Hall–Kier alpha value is -2.77. The molecule has 25 heavy (non-hydrogen) atoms. The van der Waals surface area contributed by atoms with E-state index in [2.05, 4.69) is 5.32 Å². The van der Waals surface area contributed by atoms with Crippen LogP contribution in [0.1, 0.15) is 5.56 Å². The average molecular weight is 357 g/mol. The molecule has 2 aromatic rings. The first-order valence-corrected chi connectivity index (χ1v) is 8.07. The normalized spacial score (nSPS) is 14.4. The van der Waals surface area contributed by atoms with Gasteiger partial charge in [-0.15, -0.1) is 0 Å². The maximum absolute atomic E-state index is 11.0. The number of hydrogen-bond donors (Lipinski definition) is 3. The lowest BCUT2D eigenvalue weighted by Gasteiger charge is -2.14. The van der Waals surface area contributed by atoms with Gasteiger partial charge in [-0.05, 0) is 36.3 Å². The number of nitrogens with one attached hydrogen (secondary N) is 1. The number of amides is 1. The maximum Gasteiger partial charge on any atom is 0.320 e. The van der Waals surface area contributed by atoms with E-state index in [1.165, 1.54) is 0 Å². The Labute approximate surface area is 151 Å². The van der Waals surface area contributed by atoms with Crippen molar-refractivity contribution in [3.05, 3.63) is 66.2 Å². The van der Waals surface area contributed by atoms with Crippen LogP contribution in [-0.4, -0.2) is 34.7 Å². The van der Waals surface area contributed by atoms with Crippen molar-refractivity contribution in [3.63, 3.8) is 0 Å². The number of carbonyl (C=O) groups is 2. The minimum atomic E-state index is -0.959. The summed E-state index contributed by atoms with van der Waals surface area (Å²) in [5.41, 5.74) is 7.25. The lowest BCUT2D eigenvalue weighted by atomic mass is 10.1. The van der Waals surface area contributed by atoms with Gasteiger partial charge < -0.3 is 21.1 Å². The molecule has 0 saturated carbocycles. The Morgan fingerprint density at radius 2 is 1.72 bits per heavy atom. The summed E-state index contributed by atoms with van der Waals surface area (Å²) in [6.07, 6.45) is 0.385. The fourth-order valence-electron chi connectivity index (χ4n) is 2.21. The standard InChI is InChI=1S/C9H8N2OS.C9H11NO2/c12-8-6-11(9(13)10-8)7-4-2-1-3-5-7;10-8(9(11)12)6-7-4-2-1-3-5-7/h1-5H,6H2,(H,10,12,13);1-5,8H,6,10H2,(H,11,12). The number of thiocarbonyl (C=S) groups is 1. The van der Waals surface area contributed by atoms with Crippen LogP contribution < -0.4 is 16.0 Å². The number of nitrogens with zero attached hydrogens (tertiary/aromatic N) is 1. The number of rotatable bonds is 4. The highest BCUT2D eigenvalue weighted by atomic mass is 32.1. The smallest absolute Gasteiger partial charge is 0.320 e. The largest absolute Gasteiger partial charge is 0.480 e. The zero-order valence-corrected chi connectivity index (χ0v) is 14.3. The summed E-state index contributed by atoms with van der Waals surface area (Å²) in [6.45, 7) is 0.322. The highest BCUT2D eigenvalue weighted by Crippen LogP contribution is 2.15. The lowest BCUT2D eigenvalue weighted by Crippen LogP contribution is -2.32.